The molecule has 8 heteroatoms. The predicted molar refractivity (Wildman–Crippen MR) is 95.2 cm³/mol. The fraction of sp³-hybridized carbons (Fsp3) is 0.412. The van der Waals surface area contributed by atoms with Gasteiger partial charge in [0.25, 0.3) is 0 Å². The van der Waals surface area contributed by atoms with Crippen LogP contribution < -0.4 is 5.32 Å². The zero-order valence-electron chi connectivity index (χ0n) is 15.2. The second-order valence-electron chi connectivity index (χ2n) is 5.97. The van der Waals surface area contributed by atoms with Gasteiger partial charge in [0.15, 0.2) is 0 Å². The van der Waals surface area contributed by atoms with Crippen molar-refractivity contribution in [3.05, 3.63) is 41.6 Å². The Morgan fingerprint density at radius 3 is 2.56 bits per heavy atom. The maximum atomic E-state index is 5.34. The molecular formula is C17H23N7O. The van der Waals surface area contributed by atoms with Crippen molar-refractivity contribution >= 4 is 5.95 Å². The Balaban J connectivity index is 1.92. The van der Waals surface area contributed by atoms with E-state index in [-0.39, 0.29) is 6.04 Å². The summed E-state index contributed by atoms with van der Waals surface area (Å²) in [5.74, 6) is 0.545. The van der Waals surface area contributed by atoms with Crippen LogP contribution in [-0.4, -0.2) is 43.2 Å². The molecule has 3 rings (SSSR count). The van der Waals surface area contributed by atoms with Crippen LogP contribution in [0.4, 0.5) is 5.95 Å². The van der Waals surface area contributed by atoms with E-state index in [4.69, 9.17) is 4.74 Å². The molecule has 0 aliphatic rings. The summed E-state index contributed by atoms with van der Waals surface area (Å²) in [5, 5.41) is 12.0. The van der Waals surface area contributed by atoms with E-state index in [1.54, 1.807) is 19.5 Å². The molecule has 0 aromatic carbocycles. The maximum absolute atomic E-state index is 5.34. The Morgan fingerprint density at radius 1 is 1.16 bits per heavy atom. The van der Waals surface area contributed by atoms with E-state index >= 15 is 0 Å². The van der Waals surface area contributed by atoms with Gasteiger partial charge in [0, 0.05) is 44.9 Å². The van der Waals surface area contributed by atoms with Crippen LogP contribution >= 0.6 is 0 Å². The SMILES string of the molecule is COCC(Nc1nccc(-c2c(C)nn(C)c2C)n1)c1ccnn1C. The maximum Gasteiger partial charge on any atom is 0.223 e. The lowest BCUT2D eigenvalue weighted by molar-refractivity contribution is 0.183. The van der Waals surface area contributed by atoms with Crippen LogP contribution in [0.1, 0.15) is 23.1 Å². The molecule has 8 nitrogen and oxygen atoms in total. The minimum atomic E-state index is -0.0937. The summed E-state index contributed by atoms with van der Waals surface area (Å²) >= 11 is 0. The molecule has 0 saturated carbocycles. The lowest BCUT2D eigenvalue weighted by Crippen LogP contribution is -2.20. The van der Waals surface area contributed by atoms with Gasteiger partial charge in [-0.05, 0) is 26.0 Å². The van der Waals surface area contributed by atoms with Crippen molar-refractivity contribution < 1.29 is 4.74 Å². The molecule has 0 aliphatic heterocycles. The normalized spacial score (nSPS) is 12.4. The van der Waals surface area contributed by atoms with E-state index in [0.29, 0.717) is 12.6 Å². The number of aryl methyl sites for hydroxylation is 3. The summed E-state index contributed by atoms with van der Waals surface area (Å²) in [6.07, 6.45) is 3.52. The fourth-order valence-electron chi connectivity index (χ4n) is 2.96. The van der Waals surface area contributed by atoms with Crippen LogP contribution in [0.2, 0.25) is 0 Å². The van der Waals surface area contributed by atoms with Crippen molar-refractivity contribution in [1.29, 1.82) is 0 Å². The van der Waals surface area contributed by atoms with E-state index in [1.807, 2.05) is 49.4 Å². The van der Waals surface area contributed by atoms with Crippen molar-refractivity contribution in [2.24, 2.45) is 14.1 Å². The molecule has 0 amide bonds. The van der Waals surface area contributed by atoms with Crippen LogP contribution in [0.25, 0.3) is 11.3 Å². The van der Waals surface area contributed by atoms with Crippen LogP contribution in [0.5, 0.6) is 0 Å². The number of rotatable bonds is 6. The molecule has 3 aromatic heterocycles. The number of anilines is 1. The standard InChI is InChI=1S/C17H23N7O/c1-11-16(12(2)23(3)22-11)13-6-8-18-17(20-13)21-14(10-25-5)15-7-9-19-24(15)4/h6-9,14H,10H2,1-5H3,(H,18,20,21). The first-order valence-corrected chi connectivity index (χ1v) is 8.08. The molecule has 3 heterocycles. The number of aromatic nitrogens is 6. The van der Waals surface area contributed by atoms with Gasteiger partial charge in [-0.3, -0.25) is 9.36 Å². The smallest absolute Gasteiger partial charge is 0.223 e. The summed E-state index contributed by atoms with van der Waals surface area (Å²) in [4.78, 5) is 9.04. The first-order valence-electron chi connectivity index (χ1n) is 8.08. The molecule has 0 fully saturated rings. The quantitative estimate of drug-likeness (QED) is 0.739. The first kappa shape index (κ1) is 17.1. The molecular weight excluding hydrogens is 318 g/mol. The van der Waals surface area contributed by atoms with Crippen LogP contribution in [-0.2, 0) is 18.8 Å². The van der Waals surface area contributed by atoms with Crippen molar-refractivity contribution in [1.82, 2.24) is 29.5 Å². The zero-order valence-corrected chi connectivity index (χ0v) is 15.2. The third-order valence-corrected chi connectivity index (χ3v) is 4.27. The van der Waals surface area contributed by atoms with Gasteiger partial charge < -0.3 is 10.1 Å². The molecule has 1 N–H and O–H groups in total. The van der Waals surface area contributed by atoms with Gasteiger partial charge in [-0.2, -0.15) is 10.2 Å². The Hall–Kier alpha value is -2.74. The van der Waals surface area contributed by atoms with E-state index in [9.17, 15) is 0 Å². The summed E-state index contributed by atoms with van der Waals surface area (Å²) < 4.78 is 9.02. The van der Waals surface area contributed by atoms with E-state index in [1.165, 1.54) is 0 Å². The molecule has 0 spiro atoms. The Morgan fingerprint density at radius 2 is 1.96 bits per heavy atom. The van der Waals surface area contributed by atoms with Crippen molar-refractivity contribution in [2.45, 2.75) is 19.9 Å². The van der Waals surface area contributed by atoms with E-state index in [0.717, 1.165) is 28.3 Å². The molecule has 0 radical (unpaired) electrons. The van der Waals surface area contributed by atoms with Gasteiger partial charge >= 0.3 is 0 Å². The summed E-state index contributed by atoms with van der Waals surface area (Å²) in [7, 11) is 5.51. The minimum Gasteiger partial charge on any atom is -0.382 e. The van der Waals surface area contributed by atoms with Crippen molar-refractivity contribution in [3.8, 4) is 11.3 Å². The van der Waals surface area contributed by atoms with Crippen LogP contribution in [0.15, 0.2) is 24.5 Å². The van der Waals surface area contributed by atoms with E-state index in [2.05, 4.69) is 25.5 Å². The van der Waals surface area contributed by atoms with Crippen LogP contribution in [0.3, 0.4) is 0 Å². The highest BCUT2D eigenvalue weighted by Crippen LogP contribution is 2.26. The highest BCUT2D eigenvalue weighted by molar-refractivity contribution is 5.65. The average molecular weight is 341 g/mol. The number of hydrogen-bond acceptors (Lipinski definition) is 6. The highest BCUT2D eigenvalue weighted by atomic mass is 16.5. The summed E-state index contributed by atoms with van der Waals surface area (Å²) in [5.41, 5.74) is 4.91. The molecule has 0 aliphatic carbocycles. The average Bonchev–Trinajstić information content (AvgIpc) is 3.11. The fourth-order valence-corrected chi connectivity index (χ4v) is 2.96. The van der Waals surface area contributed by atoms with Gasteiger partial charge in [0.2, 0.25) is 5.95 Å². The molecule has 1 atom stereocenters. The Kier molecular flexibility index (Phi) is 4.80. The third-order valence-electron chi connectivity index (χ3n) is 4.27. The monoisotopic (exact) mass is 341 g/mol. The molecule has 3 aromatic rings. The Labute approximate surface area is 146 Å². The molecule has 0 saturated heterocycles. The predicted octanol–water partition coefficient (Wildman–Crippen LogP) is 2.03. The first-order chi connectivity index (χ1) is 12.0. The van der Waals surface area contributed by atoms with Crippen molar-refractivity contribution in [3.63, 3.8) is 0 Å². The number of nitrogens with one attached hydrogen (secondary N) is 1. The topological polar surface area (TPSA) is 82.7 Å². The second-order valence-corrected chi connectivity index (χ2v) is 5.97. The largest absolute Gasteiger partial charge is 0.382 e. The van der Waals surface area contributed by atoms with Crippen LogP contribution in [0, 0.1) is 13.8 Å². The Bertz CT molecular complexity index is 868. The van der Waals surface area contributed by atoms with Gasteiger partial charge in [-0.15, -0.1) is 0 Å². The lowest BCUT2D eigenvalue weighted by atomic mass is 10.1. The second kappa shape index (κ2) is 7.02. The van der Waals surface area contributed by atoms with Gasteiger partial charge in [0.1, 0.15) is 0 Å². The lowest BCUT2D eigenvalue weighted by Gasteiger charge is -2.18. The summed E-state index contributed by atoms with van der Waals surface area (Å²) in [6.45, 7) is 4.51. The molecule has 0 bridgehead atoms. The van der Waals surface area contributed by atoms with Gasteiger partial charge in [-0.25, -0.2) is 9.97 Å². The highest BCUT2D eigenvalue weighted by Gasteiger charge is 2.18. The summed E-state index contributed by atoms with van der Waals surface area (Å²) in [6, 6.07) is 3.76. The zero-order chi connectivity index (χ0) is 18.0. The van der Waals surface area contributed by atoms with Gasteiger partial charge in [-0.1, -0.05) is 0 Å². The van der Waals surface area contributed by atoms with Gasteiger partial charge in [0.05, 0.1) is 29.7 Å². The molecule has 1 unspecified atom stereocenters. The third kappa shape index (κ3) is 3.39. The number of methoxy groups -OCH3 is 1. The number of nitrogens with zero attached hydrogens (tertiary/aromatic N) is 6. The van der Waals surface area contributed by atoms with Crippen molar-refractivity contribution in [2.75, 3.05) is 19.0 Å². The molecule has 25 heavy (non-hydrogen) atoms. The number of ether oxygens (including phenoxy) is 1. The molecule has 132 valence electrons. The van der Waals surface area contributed by atoms with E-state index < -0.39 is 0 Å². The number of hydrogen-bond donors (Lipinski definition) is 1. The minimum absolute atomic E-state index is 0.0937.